The minimum absolute atomic E-state index is 0.278. The molecule has 0 bridgehead atoms. The number of thioether (sulfide) groups is 1. The van der Waals surface area contributed by atoms with E-state index >= 15 is 0 Å². The van der Waals surface area contributed by atoms with Crippen LogP contribution >= 0.6 is 11.8 Å². The number of benzene rings is 1. The van der Waals surface area contributed by atoms with Crippen molar-refractivity contribution in [3.8, 4) is 0 Å². The first-order chi connectivity index (χ1) is 8.74. The molecule has 100 valence electrons. The lowest BCUT2D eigenvalue weighted by Crippen LogP contribution is -2.24. The fraction of sp³-hybridized carbons (Fsp3) is 0.600. The molecule has 0 amide bonds. The van der Waals surface area contributed by atoms with Crippen LogP contribution in [0.3, 0.4) is 0 Å². The largest absolute Gasteiger partial charge is 0.378 e. The van der Waals surface area contributed by atoms with Crippen molar-refractivity contribution in [3.05, 3.63) is 29.8 Å². The molecule has 0 spiro atoms. The van der Waals surface area contributed by atoms with E-state index in [-0.39, 0.29) is 6.04 Å². The van der Waals surface area contributed by atoms with E-state index in [0.29, 0.717) is 6.10 Å². The monoisotopic (exact) mass is 265 g/mol. The fourth-order valence-corrected chi connectivity index (χ4v) is 3.28. The minimum atomic E-state index is 0.278. The molecule has 2 nitrogen and oxygen atoms in total. The SMILES string of the molecule is Cc1cccc(SCC(N)CCC2CCCO2)c1. The summed E-state index contributed by atoms with van der Waals surface area (Å²) < 4.78 is 5.62. The van der Waals surface area contributed by atoms with E-state index in [2.05, 4.69) is 31.2 Å². The first-order valence-corrected chi connectivity index (χ1v) is 7.79. The van der Waals surface area contributed by atoms with Gasteiger partial charge in [0.2, 0.25) is 0 Å². The van der Waals surface area contributed by atoms with E-state index in [1.165, 1.54) is 23.3 Å². The molecule has 1 fully saturated rings. The molecule has 3 heteroatoms. The molecule has 2 rings (SSSR count). The van der Waals surface area contributed by atoms with Gasteiger partial charge in [0.1, 0.15) is 0 Å². The number of nitrogens with two attached hydrogens (primary N) is 1. The van der Waals surface area contributed by atoms with Crippen LogP contribution in [-0.2, 0) is 4.74 Å². The third-order valence-electron chi connectivity index (χ3n) is 3.34. The Morgan fingerprint density at radius 3 is 3.11 bits per heavy atom. The number of ether oxygens (including phenoxy) is 1. The summed E-state index contributed by atoms with van der Waals surface area (Å²) in [5.41, 5.74) is 7.47. The van der Waals surface area contributed by atoms with Crippen LogP contribution in [0.1, 0.15) is 31.2 Å². The predicted octanol–water partition coefficient (Wildman–Crippen LogP) is 3.37. The van der Waals surface area contributed by atoms with Crippen molar-refractivity contribution < 1.29 is 4.74 Å². The molecular weight excluding hydrogens is 242 g/mol. The van der Waals surface area contributed by atoms with Crippen molar-refractivity contribution in [2.45, 2.75) is 49.6 Å². The summed E-state index contributed by atoms with van der Waals surface area (Å²) in [6.45, 7) is 3.07. The van der Waals surface area contributed by atoms with Gasteiger partial charge in [-0.15, -0.1) is 11.8 Å². The van der Waals surface area contributed by atoms with Gasteiger partial charge in [-0.3, -0.25) is 0 Å². The summed E-state index contributed by atoms with van der Waals surface area (Å²) in [5, 5.41) is 0. The maximum atomic E-state index is 6.16. The number of aryl methyl sites for hydroxylation is 1. The van der Waals surface area contributed by atoms with Gasteiger partial charge in [0, 0.05) is 23.3 Å². The van der Waals surface area contributed by atoms with Crippen LogP contribution in [0.15, 0.2) is 29.2 Å². The second-order valence-corrected chi connectivity index (χ2v) is 6.19. The average Bonchev–Trinajstić information content (AvgIpc) is 2.87. The number of hydrogen-bond acceptors (Lipinski definition) is 3. The first kappa shape index (κ1) is 13.9. The Hall–Kier alpha value is -0.510. The van der Waals surface area contributed by atoms with E-state index < -0.39 is 0 Å². The molecule has 1 saturated heterocycles. The highest BCUT2D eigenvalue weighted by Gasteiger charge is 2.16. The lowest BCUT2D eigenvalue weighted by molar-refractivity contribution is 0.101. The molecule has 1 heterocycles. The zero-order valence-electron chi connectivity index (χ0n) is 11.1. The van der Waals surface area contributed by atoms with Crippen LogP contribution in [0.4, 0.5) is 0 Å². The van der Waals surface area contributed by atoms with Crippen LogP contribution in [-0.4, -0.2) is 24.5 Å². The van der Waals surface area contributed by atoms with Gasteiger partial charge in [-0.25, -0.2) is 0 Å². The lowest BCUT2D eigenvalue weighted by Gasteiger charge is -2.14. The van der Waals surface area contributed by atoms with Gasteiger partial charge in [-0.05, 0) is 44.7 Å². The molecule has 1 aromatic rings. The van der Waals surface area contributed by atoms with Gasteiger partial charge in [-0.2, -0.15) is 0 Å². The van der Waals surface area contributed by atoms with Gasteiger partial charge >= 0.3 is 0 Å². The van der Waals surface area contributed by atoms with Crippen molar-refractivity contribution in [2.24, 2.45) is 5.73 Å². The standard InChI is InChI=1S/C15H23NOS/c1-12-4-2-6-15(10-12)18-11-13(16)7-8-14-5-3-9-17-14/h2,4,6,10,13-14H,3,5,7-9,11,16H2,1H3. The molecule has 2 N–H and O–H groups in total. The first-order valence-electron chi connectivity index (χ1n) is 6.80. The maximum absolute atomic E-state index is 6.16. The van der Waals surface area contributed by atoms with Gasteiger partial charge in [0.05, 0.1) is 6.10 Å². The van der Waals surface area contributed by atoms with E-state index in [0.717, 1.165) is 25.2 Å². The Balaban J connectivity index is 1.66. The number of hydrogen-bond donors (Lipinski definition) is 1. The normalized spacial score (nSPS) is 21.1. The summed E-state index contributed by atoms with van der Waals surface area (Å²) in [6.07, 6.45) is 5.11. The molecule has 1 aromatic carbocycles. The van der Waals surface area contributed by atoms with Crippen LogP contribution in [0.25, 0.3) is 0 Å². The van der Waals surface area contributed by atoms with Crippen molar-refractivity contribution in [1.29, 1.82) is 0 Å². The Bertz CT molecular complexity index is 363. The van der Waals surface area contributed by atoms with E-state index in [9.17, 15) is 0 Å². The zero-order valence-corrected chi connectivity index (χ0v) is 11.9. The molecule has 2 unspecified atom stereocenters. The Morgan fingerprint density at radius 2 is 2.39 bits per heavy atom. The second kappa shape index (κ2) is 7.17. The third kappa shape index (κ3) is 4.63. The average molecular weight is 265 g/mol. The molecule has 0 radical (unpaired) electrons. The summed E-state index contributed by atoms with van der Waals surface area (Å²) in [4.78, 5) is 1.32. The summed E-state index contributed by atoms with van der Waals surface area (Å²) >= 11 is 1.86. The molecule has 0 aromatic heterocycles. The lowest BCUT2D eigenvalue weighted by atomic mass is 10.1. The van der Waals surface area contributed by atoms with Gasteiger partial charge in [-0.1, -0.05) is 17.7 Å². The van der Waals surface area contributed by atoms with E-state index in [1.54, 1.807) is 0 Å². The zero-order chi connectivity index (χ0) is 12.8. The molecule has 1 aliphatic heterocycles. The highest BCUT2D eigenvalue weighted by Crippen LogP contribution is 2.22. The Kier molecular flexibility index (Phi) is 5.54. The summed E-state index contributed by atoms with van der Waals surface area (Å²) in [7, 11) is 0. The number of rotatable bonds is 6. The van der Waals surface area contributed by atoms with Crippen molar-refractivity contribution in [2.75, 3.05) is 12.4 Å². The van der Waals surface area contributed by atoms with Crippen LogP contribution in [0.5, 0.6) is 0 Å². The summed E-state index contributed by atoms with van der Waals surface area (Å²) in [5.74, 6) is 0.996. The van der Waals surface area contributed by atoms with Crippen LogP contribution in [0, 0.1) is 6.92 Å². The fourth-order valence-electron chi connectivity index (χ4n) is 2.26. The molecule has 2 atom stereocenters. The predicted molar refractivity (Wildman–Crippen MR) is 78.1 cm³/mol. The molecule has 1 aliphatic rings. The highest BCUT2D eigenvalue weighted by atomic mass is 32.2. The van der Waals surface area contributed by atoms with Crippen molar-refractivity contribution in [3.63, 3.8) is 0 Å². The van der Waals surface area contributed by atoms with Gasteiger partial charge in [0.15, 0.2) is 0 Å². The van der Waals surface area contributed by atoms with Crippen LogP contribution in [0.2, 0.25) is 0 Å². The highest BCUT2D eigenvalue weighted by molar-refractivity contribution is 7.99. The second-order valence-electron chi connectivity index (χ2n) is 5.10. The quantitative estimate of drug-likeness (QED) is 0.801. The van der Waals surface area contributed by atoms with Crippen molar-refractivity contribution in [1.82, 2.24) is 0 Å². The molecule has 0 aliphatic carbocycles. The topological polar surface area (TPSA) is 35.2 Å². The summed E-state index contributed by atoms with van der Waals surface area (Å²) in [6, 6.07) is 8.89. The van der Waals surface area contributed by atoms with Gasteiger partial charge < -0.3 is 10.5 Å². The van der Waals surface area contributed by atoms with Crippen LogP contribution < -0.4 is 5.73 Å². The minimum Gasteiger partial charge on any atom is -0.378 e. The van der Waals surface area contributed by atoms with E-state index in [4.69, 9.17) is 10.5 Å². The maximum Gasteiger partial charge on any atom is 0.0576 e. The Labute approximate surface area is 114 Å². The molecule has 0 saturated carbocycles. The Morgan fingerprint density at radius 1 is 1.50 bits per heavy atom. The van der Waals surface area contributed by atoms with E-state index in [1.807, 2.05) is 11.8 Å². The molecular formula is C15H23NOS. The molecule has 18 heavy (non-hydrogen) atoms. The third-order valence-corrected chi connectivity index (χ3v) is 4.52. The smallest absolute Gasteiger partial charge is 0.0576 e. The van der Waals surface area contributed by atoms with Crippen molar-refractivity contribution >= 4 is 11.8 Å². The van der Waals surface area contributed by atoms with Gasteiger partial charge in [0.25, 0.3) is 0 Å².